The molecule has 0 spiro atoms. The maximum Gasteiger partial charge on any atom is 0.302 e. The molecule has 1 heterocycles. The zero-order valence-corrected chi connectivity index (χ0v) is 14.1. The van der Waals surface area contributed by atoms with E-state index in [1.54, 1.807) is 30.2 Å². The van der Waals surface area contributed by atoms with Crippen LogP contribution >= 0.6 is 0 Å². The Kier molecular flexibility index (Phi) is 5.13. The molecule has 0 radical (unpaired) electrons. The lowest BCUT2D eigenvalue weighted by Crippen LogP contribution is -2.29. The molecular weight excluding hydrogens is 325 g/mol. The van der Waals surface area contributed by atoms with Crippen LogP contribution in [0.2, 0.25) is 0 Å². The number of halogens is 1. The monoisotopic (exact) mass is 345 g/mol. The summed E-state index contributed by atoms with van der Waals surface area (Å²) in [6, 6.07) is 4.93. The second-order valence-corrected chi connectivity index (χ2v) is 7.02. The summed E-state index contributed by atoms with van der Waals surface area (Å²) < 4.78 is 44.9. The van der Waals surface area contributed by atoms with Gasteiger partial charge in [-0.1, -0.05) is 0 Å². The van der Waals surface area contributed by atoms with E-state index in [-0.39, 0.29) is 24.9 Å². The fourth-order valence-electron chi connectivity index (χ4n) is 2.91. The Morgan fingerprint density at radius 1 is 1.35 bits per heavy atom. The van der Waals surface area contributed by atoms with Gasteiger partial charge in [0.1, 0.15) is 11.5 Å². The average molecular weight is 345 g/mol. The van der Waals surface area contributed by atoms with Crippen LogP contribution in [-0.4, -0.2) is 45.7 Å². The normalized spacial score (nSPS) is 19.7. The van der Waals surface area contributed by atoms with E-state index in [1.165, 1.54) is 7.11 Å². The molecule has 1 fully saturated rings. The second-order valence-electron chi connectivity index (χ2n) is 5.61. The van der Waals surface area contributed by atoms with E-state index in [1.807, 2.05) is 6.92 Å². The molecular formula is C15H20FNO5S. The summed E-state index contributed by atoms with van der Waals surface area (Å²) in [4.78, 5) is 13.7. The van der Waals surface area contributed by atoms with Crippen molar-refractivity contribution in [2.75, 3.05) is 26.5 Å². The number of hydrogen-bond acceptors (Lipinski definition) is 5. The fraction of sp³-hybridized carbons (Fsp3) is 0.533. The minimum atomic E-state index is -4.59. The third-order valence-corrected chi connectivity index (χ3v) is 4.90. The van der Waals surface area contributed by atoms with E-state index in [2.05, 4.69) is 0 Å². The lowest BCUT2D eigenvalue weighted by Gasteiger charge is -2.26. The Hall–Kier alpha value is -1.83. The molecule has 1 aliphatic heterocycles. The van der Waals surface area contributed by atoms with Gasteiger partial charge in [0.15, 0.2) is 0 Å². The van der Waals surface area contributed by atoms with Crippen molar-refractivity contribution in [2.24, 2.45) is 5.92 Å². The molecule has 0 saturated carbocycles. The molecule has 0 bridgehead atoms. The summed E-state index contributed by atoms with van der Waals surface area (Å²) in [7, 11) is -1.52. The molecule has 1 aromatic carbocycles. The summed E-state index contributed by atoms with van der Waals surface area (Å²) in [6.07, 6.45) is 0.0276. The maximum atomic E-state index is 12.8. The number of carbonyl (C=O) groups is 1. The van der Waals surface area contributed by atoms with E-state index >= 15 is 0 Å². The summed E-state index contributed by atoms with van der Waals surface area (Å²) in [6.45, 7) is 2.02. The molecule has 2 rings (SSSR count). The molecule has 0 aliphatic carbocycles. The standard InChI is InChI=1S/C15H20FNO5S/c1-10(13-7-12(21-2)4-5-14(13)22-3)17-8-11(6-15(17)18)9-23(16,19)20/h4-5,7,10-11H,6,8-9H2,1-3H3. The first-order chi connectivity index (χ1) is 10.7. The van der Waals surface area contributed by atoms with E-state index in [4.69, 9.17) is 9.47 Å². The lowest BCUT2D eigenvalue weighted by molar-refractivity contribution is -0.129. The van der Waals surface area contributed by atoms with Crippen LogP contribution in [0.5, 0.6) is 11.5 Å². The molecule has 0 N–H and O–H groups in total. The average Bonchev–Trinajstić information content (AvgIpc) is 2.84. The van der Waals surface area contributed by atoms with Crippen LogP contribution in [0.4, 0.5) is 3.89 Å². The molecule has 1 aliphatic rings. The van der Waals surface area contributed by atoms with E-state index in [9.17, 15) is 17.1 Å². The van der Waals surface area contributed by atoms with E-state index in [0.717, 1.165) is 5.56 Å². The van der Waals surface area contributed by atoms with Gasteiger partial charge in [-0.25, -0.2) is 0 Å². The Bertz CT molecular complexity index is 691. The minimum Gasteiger partial charge on any atom is -0.497 e. The number of nitrogens with zero attached hydrogens (tertiary/aromatic N) is 1. The molecule has 6 nitrogen and oxygen atoms in total. The molecule has 8 heteroatoms. The zero-order chi connectivity index (χ0) is 17.2. The molecule has 1 aromatic rings. The summed E-state index contributed by atoms with van der Waals surface area (Å²) in [5.41, 5.74) is 0.754. The number of benzene rings is 1. The largest absolute Gasteiger partial charge is 0.497 e. The van der Waals surface area contributed by atoms with Crippen LogP contribution in [-0.2, 0) is 15.0 Å². The summed E-state index contributed by atoms with van der Waals surface area (Å²) >= 11 is 0. The van der Waals surface area contributed by atoms with Gasteiger partial charge < -0.3 is 14.4 Å². The third kappa shape index (κ3) is 4.13. The molecule has 1 amide bonds. The van der Waals surface area contributed by atoms with Gasteiger partial charge in [0.2, 0.25) is 5.91 Å². The highest BCUT2D eigenvalue weighted by Gasteiger charge is 2.36. The quantitative estimate of drug-likeness (QED) is 0.737. The van der Waals surface area contributed by atoms with Gasteiger partial charge in [0.05, 0.1) is 26.0 Å². The molecule has 23 heavy (non-hydrogen) atoms. The van der Waals surface area contributed by atoms with Crippen LogP contribution in [0.3, 0.4) is 0 Å². The number of ether oxygens (including phenoxy) is 2. The van der Waals surface area contributed by atoms with Gasteiger partial charge in [-0.05, 0) is 25.1 Å². The number of amides is 1. The van der Waals surface area contributed by atoms with Crippen molar-refractivity contribution in [3.05, 3.63) is 23.8 Å². The number of methoxy groups -OCH3 is 2. The first kappa shape index (κ1) is 17.5. The van der Waals surface area contributed by atoms with Gasteiger partial charge in [-0.3, -0.25) is 4.79 Å². The van der Waals surface area contributed by atoms with Crippen LogP contribution in [0.25, 0.3) is 0 Å². The third-order valence-electron chi connectivity index (χ3n) is 4.03. The number of carbonyl (C=O) groups excluding carboxylic acids is 1. The van der Waals surface area contributed by atoms with Crippen molar-refractivity contribution in [1.82, 2.24) is 4.90 Å². The first-order valence-corrected chi connectivity index (χ1v) is 8.74. The Morgan fingerprint density at radius 2 is 2.04 bits per heavy atom. The maximum absolute atomic E-state index is 12.8. The van der Waals surface area contributed by atoms with Crippen molar-refractivity contribution >= 4 is 16.1 Å². The minimum absolute atomic E-state index is 0.0276. The van der Waals surface area contributed by atoms with Crippen molar-refractivity contribution < 1.29 is 26.6 Å². The Labute approximate surface area is 135 Å². The van der Waals surface area contributed by atoms with Crippen molar-refractivity contribution in [3.63, 3.8) is 0 Å². The van der Waals surface area contributed by atoms with E-state index < -0.39 is 21.9 Å². The van der Waals surface area contributed by atoms with E-state index in [0.29, 0.717) is 11.5 Å². The zero-order valence-electron chi connectivity index (χ0n) is 13.3. The van der Waals surface area contributed by atoms with Crippen LogP contribution < -0.4 is 9.47 Å². The van der Waals surface area contributed by atoms with Crippen molar-refractivity contribution in [2.45, 2.75) is 19.4 Å². The fourth-order valence-corrected chi connectivity index (χ4v) is 3.70. The Morgan fingerprint density at radius 3 is 2.61 bits per heavy atom. The summed E-state index contributed by atoms with van der Waals surface area (Å²) in [5.74, 6) is -0.126. The highest BCUT2D eigenvalue weighted by atomic mass is 32.3. The summed E-state index contributed by atoms with van der Waals surface area (Å²) in [5, 5.41) is 0. The first-order valence-electron chi connectivity index (χ1n) is 7.19. The second kappa shape index (κ2) is 6.74. The van der Waals surface area contributed by atoms with Crippen molar-refractivity contribution in [3.8, 4) is 11.5 Å². The predicted octanol–water partition coefficient (Wildman–Crippen LogP) is 1.91. The topological polar surface area (TPSA) is 72.9 Å². The van der Waals surface area contributed by atoms with Gasteiger partial charge in [-0.2, -0.15) is 8.42 Å². The number of hydrogen-bond donors (Lipinski definition) is 0. The van der Waals surface area contributed by atoms with Crippen LogP contribution in [0.1, 0.15) is 24.9 Å². The SMILES string of the molecule is COc1ccc(OC)c(C(C)N2CC(CS(=O)(=O)F)CC2=O)c1. The smallest absolute Gasteiger partial charge is 0.302 e. The molecule has 2 atom stereocenters. The molecule has 0 aromatic heterocycles. The lowest BCUT2D eigenvalue weighted by atomic mass is 10.1. The van der Waals surface area contributed by atoms with Gasteiger partial charge in [0, 0.05) is 24.4 Å². The molecule has 128 valence electrons. The highest BCUT2D eigenvalue weighted by molar-refractivity contribution is 7.86. The van der Waals surface area contributed by atoms with Crippen LogP contribution in [0.15, 0.2) is 18.2 Å². The predicted molar refractivity (Wildman–Crippen MR) is 82.7 cm³/mol. The highest BCUT2D eigenvalue weighted by Crippen LogP contribution is 2.35. The molecule has 2 unspecified atom stereocenters. The van der Waals surface area contributed by atoms with Crippen molar-refractivity contribution in [1.29, 1.82) is 0 Å². The van der Waals surface area contributed by atoms with Gasteiger partial charge in [0.25, 0.3) is 0 Å². The van der Waals surface area contributed by atoms with Gasteiger partial charge in [-0.15, -0.1) is 3.89 Å². The van der Waals surface area contributed by atoms with Crippen LogP contribution in [0, 0.1) is 5.92 Å². The number of rotatable bonds is 6. The Balaban J connectivity index is 2.23. The molecule has 1 saturated heterocycles. The number of likely N-dealkylation sites (tertiary alicyclic amines) is 1. The van der Waals surface area contributed by atoms with Gasteiger partial charge >= 0.3 is 10.2 Å².